The van der Waals surface area contributed by atoms with Crippen LogP contribution in [0.5, 0.6) is 5.75 Å². The highest BCUT2D eigenvalue weighted by Gasteiger charge is 2.36. The second kappa shape index (κ2) is 9.75. The highest BCUT2D eigenvalue weighted by Crippen LogP contribution is 2.52. The SMILES string of the molecule is CC1(C)c2ccccc2-c2c(-c3ccc(N(c4ccccc4)c4cc5c(ccc6ccccc65)c(N)c4O)cc3)cccc21. The fourth-order valence-electron chi connectivity index (χ4n) is 7.12. The molecule has 0 heterocycles. The lowest BCUT2D eigenvalue weighted by molar-refractivity contribution is 0.480. The number of fused-ring (bicyclic) bond motifs is 6. The smallest absolute Gasteiger partial charge is 0.163 e. The van der Waals surface area contributed by atoms with Crippen LogP contribution < -0.4 is 10.6 Å². The van der Waals surface area contributed by atoms with Gasteiger partial charge in [-0.25, -0.2) is 0 Å². The minimum atomic E-state index is -0.0519. The van der Waals surface area contributed by atoms with Crippen molar-refractivity contribution in [3.05, 3.63) is 151 Å². The molecule has 7 aromatic carbocycles. The van der Waals surface area contributed by atoms with Gasteiger partial charge in [-0.15, -0.1) is 0 Å². The van der Waals surface area contributed by atoms with Gasteiger partial charge in [-0.05, 0) is 79.9 Å². The van der Waals surface area contributed by atoms with Gasteiger partial charge in [-0.2, -0.15) is 0 Å². The summed E-state index contributed by atoms with van der Waals surface area (Å²) in [6.07, 6.45) is 0. The van der Waals surface area contributed by atoms with Gasteiger partial charge in [0, 0.05) is 22.2 Å². The second-order valence-corrected chi connectivity index (χ2v) is 12.2. The molecule has 1 aliphatic carbocycles. The van der Waals surface area contributed by atoms with Gasteiger partial charge in [0.25, 0.3) is 0 Å². The van der Waals surface area contributed by atoms with Crippen molar-refractivity contribution < 1.29 is 5.11 Å². The van der Waals surface area contributed by atoms with Crippen LogP contribution in [0.3, 0.4) is 0 Å². The Hall–Kier alpha value is -5.54. The molecule has 212 valence electrons. The summed E-state index contributed by atoms with van der Waals surface area (Å²) in [5.74, 6) is 0.0698. The third-order valence-corrected chi connectivity index (χ3v) is 9.34. The first-order valence-electron chi connectivity index (χ1n) is 15.1. The molecule has 3 N–H and O–H groups in total. The number of phenols is 1. The number of benzene rings is 7. The van der Waals surface area contributed by atoms with Crippen LogP contribution in [-0.2, 0) is 5.41 Å². The van der Waals surface area contributed by atoms with Crippen molar-refractivity contribution in [1.82, 2.24) is 0 Å². The predicted molar refractivity (Wildman–Crippen MR) is 185 cm³/mol. The predicted octanol–water partition coefficient (Wildman–Crippen LogP) is 10.7. The van der Waals surface area contributed by atoms with Crippen LogP contribution in [0, 0.1) is 0 Å². The Bertz CT molecular complexity index is 2220. The highest BCUT2D eigenvalue weighted by molar-refractivity contribution is 6.14. The lowest BCUT2D eigenvalue weighted by atomic mass is 9.82. The molecule has 7 aromatic rings. The molecule has 3 heteroatoms. The molecule has 0 fully saturated rings. The van der Waals surface area contributed by atoms with Crippen LogP contribution in [0.2, 0.25) is 0 Å². The molecular formula is C41H32N2O. The van der Waals surface area contributed by atoms with Gasteiger partial charge < -0.3 is 15.7 Å². The Labute approximate surface area is 257 Å². The summed E-state index contributed by atoms with van der Waals surface area (Å²) in [6.45, 7) is 4.63. The molecule has 1 aliphatic rings. The summed E-state index contributed by atoms with van der Waals surface area (Å²) >= 11 is 0. The summed E-state index contributed by atoms with van der Waals surface area (Å²) in [6, 6.07) is 48.6. The van der Waals surface area contributed by atoms with Crippen LogP contribution in [0.25, 0.3) is 43.8 Å². The number of rotatable bonds is 4. The molecule has 0 aromatic heterocycles. The quantitative estimate of drug-likeness (QED) is 0.126. The molecule has 0 radical (unpaired) electrons. The van der Waals surface area contributed by atoms with Crippen molar-refractivity contribution in [2.75, 3.05) is 10.6 Å². The lowest BCUT2D eigenvalue weighted by Gasteiger charge is -2.27. The Balaban J connectivity index is 1.30. The van der Waals surface area contributed by atoms with Crippen LogP contribution in [0.15, 0.2) is 140 Å². The van der Waals surface area contributed by atoms with Crippen molar-refractivity contribution >= 4 is 44.3 Å². The van der Waals surface area contributed by atoms with Gasteiger partial charge in [0.2, 0.25) is 0 Å². The van der Waals surface area contributed by atoms with E-state index in [0.29, 0.717) is 11.4 Å². The minimum Gasteiger partial charge on any atom is -0.504 e. The highest BCUT2D eigenvalue weighted by atomic mass is 16.3. The summed E-state index contributed by atoms with van der Waals surface area (Å²) in [7, 11) is 0. The third-order valence-electron chi connectivity index (χ3n) is 9.34. The molecular weight excluding hydrogens is 536 g/mol. The van der Waals surface area contributed by atoms with Crippen molar-refractivity contribution in [3.8, 4) is 28.0 Å². The monoisotopic (exact) mass is 568 g/mol. The summed E-state index contributed by atoms with van der Waals surface area (Å²) < 4.78 is 0. The number of phenolic OH excluding ortho intramolecular Hbond substituents is 1. The van der Waals surface area contributed by atoms with E-state index in [1.54, 1.807) is 0 Å². The van der Waals surface area contributed by atoms with Crippen molar-refractivity contribution in [3.63, 3.8) is 0 Å². The van der Waals surface area contributed by atoms with Crippen LogP contribution in [-0.4, -0.2) is 5.11 Å². The van der Waals surface area contributed by atoms with Crippen LogP contribution in [0.1, 0.15) is 25.0 Å². The maximum Gasteiger partial charge on any atom is 0.163 e. The Morgan fingerprint density at radius 3 is 2.05 bits per heavy atom. The van der Waals surface area contributed by atoms with Gasteiger partial charge in [-0.1, -0.05) is 123 Å². The van der Waals surface area contributed by atoms with E-state index < -0.39 is 0 Å². The number of anilines is 4. The van der Waals surface area contributed by atoms with Crippen molar-refractivity contribution in [2.45, 2.75) is 19.3 Å². The van der Waals surface area contributed by atoms with Crippen molar-refractivity contribution in [1.29, 1.82) is 0 Å². The zero-order valence-electron chi connectivity index (χ0n) is 24.8. The topological polar surface area (TPSA) is 49.5 Å². The van der Waals surface area contributed by atoms with E-state index in [-0.39, 0.29) is 11.2 Å². The van der Waals surface area contributed by atoms with E-state index in [9.17, 15) is 5.11 Å². The molecule has 0 bridgehead atoms. The summed E-state index contributed by atoms with van der Waals surface area (Å²) in [4.78, 5) is 2.09. The van der Waals surface area contributed by atoms with Gasteiger partial charge in [0.1, 0.15) is 0 Å². The number of nitrogens with zero attached hydrogens (tertiary/aromatic N) is 1. The molecule has 0 saturated heterocycles. The molecule has 8 rings (SSSR count). The zero-order chi connectivity index (χ0) is 30.0. The standard InChI is InChI=1S/C41H32N2O/c1-41(2)35-17-9-8-15-33(35)38-31(16-10-18-36(38)41)27-19-22-29(23-20-27)43(28-12-4-3-5-13-28)37-25-34-30-14-7-6-11-26(30)21-24-32(34)39(42)40(37)44/h3-25,44H,42H2,1-2H3. The van der Waals surface area contributed by atoms with Gasteiger partial charge in [-0.3, -0.25) is 0 Å². The summed E-state index contributed by atoms with van der Waals surface area (Å²) in [5, 5.41) is 15.7. The van der Waals surface area contributed by atoms with Gasteiger partial charge in [0.15, 0.2) is 5.75 Å². The van der Waals surface area contributed by atoms with Gasteiger partial charge >= 0.3 is 0 Å². The van der Waals surface area contributed by atoms with Gasteiger partial charge in [0.05, 0.1) is 11.4 Å². The molecule has 0 aliphatic heterocycles. The number of aromatic hydroxyl groups is 1. The Morgan fingerprint density at radius 1 is 0.568 bits per heavy atom. The van der Waals surface area contributed by atoms with Crippen LogP contribution >= 0.6 is 0 Å². The number of hydrogen-bond acceptors (Lipinski definition) is 3. The first kappa shape index (κ1) is 26.1. The fraction of sp³-hybridized carbons (Fsp3) is 0.0732. The normalized spacial score (nSPS) is 13.1. The average molecular weight is 569 g/mol. The third kappa shape index (κ3) is 3.83. The molecule has 44 heavy (non-hydrogen) atoms. The number of nitrogen functional groups attached to an aromatic ring is 1. The number of para-hydroxylation sites is 1. The molecule has 0 unspecified atom stereocenters. The van der Waals surface area contributed by atoms with Crippen molar-refractivity contribution in [2.24, 2.45) is 0 Å². The Morgan fingerprint density at radius 2 is 1.23 bits per heavy atom. The largest absolute Gasteiger partial charge is 0.504 e. The molecule has 3 nitrogen and oxygen atoms in total. The summed E-state index contributed by atoms with van der Waals surface area (Å²) in [5.41, 5.74) is 17.2. The van der Waals surface area contributed by atoms with E-state index in [1.165, 1.54) is 27.8 Å². The zero-order valence-corrected chi connectivity index (χ0v) is 24.8. The molecule has 0 saturated carbocycles. The molecule has 0 amide bonds. The van der Waals surface area contributed by atoms with E-state index >= 15 is 0 Å². The Kier molecular flexibility index (Phi) is 5.79. The first-order chi connectivity index (χ1) is 21.4. The average Bonchev–Trinajstić information content (AvgIpc) is 3.30. The molecule has 0 spiro atoms. The van der Waals surface area contributed by atoms with Crippen LogP contribution in [0.4, 0.5) is 22.7 Å². The van der Waals surface area contributed by atoms with E-state index in [4.69, 9.17) is 5.73 Å². The maximum atomic E-state index is 11.6. The number of hydrogen-bond donors (Lipinski definition) is 2. The maximum absolute atomic E-state index is 11.6. The van der Waals surface area contributed by atoms with E-state index in [2.05, 4.69) is 122 Å². The van der Waals surface area contributed by atoms with E-state index in [0.717, 1.165) is 38.5 Å². The second-order valence-electron chi connectivity index (χ2n) is 12.2. The first-order valence-corrected chi connectivity index (χ1v) is 15.1. The number of nitrogens with two attached hydrogens (primary N) is 1. The molecule has 0 atom stereocenters. The lowest BCUT2D eigenvalue weighted by Crippen LogP contribution is -2.14. The minimum absolute atomic E-state index is 0.0519. The fourth-order valence-corrected chi connectivity index (χ4v) is 7.12. The van der Waals surface area contributed by atoms with E-state index in [1.807, 2.05) is 36.4 Å².